The van der Waals surface area contributed by atoms with E-state index in [9.17, 15) is 22.8 Å². The standard InChI is InChI=1S/C9H18O.C8H7F3O.C3H6O/c1-5-6-7-8(10)9(2,3)4;1-6-2-4-7(5-3-6)12-8(9,10)11;1-3(2)4/h5-7H2,1-4H3;2-5H,1H3;1-2H3. The molecule has 0 heterocycles. The van der Waals surface area contributed by atoms with Crippen molar-refractivity contribution in [2.75, 3.05) is 0 Å². The first-order valence-corrected chi connectivity index (χ1v) is 8.52. The van der Waals surface area contributed by atoms with Crippen LogP contribution in [0.15, 0.2) is 24.3 Å². The molecule has 0 fully saturated rings. The van der Waals surface area contributed by atoms with Crippen LogP contribution < -0.4 is 4.74 Å². The van der Waals surface area contributed by atoms with Crippen LogP contribution in [0.2, 0.25) is 0 Å². The van der Waals surface area contributed by atoms with Gasteiger partial charge < -0.3 is 9.53 Å². The molecule has 0 amide bonds. The van der Waals surface area contributed by atoms with Crippen LogP contribution in [0.25, 0.3) is 0 Å². The summed E-state index contributed by atoms with van der Waals surface area (Å²) in [6.45, 7) is 12.9. The Morgan fingerprint density at radius 1 is 1.00 bits per heavy atom. The number of carbonyl (C=O) groups excluding carboxylic acids is 2. The average molecular weight is 376 g/mol. The molecule has 0 unspecified atom stereocenters. The van der Waals surface area contributed by atoms with Gasteiger partial charge in [-0.25, -0.2) is 0 Å². The number of Topliss-reactive ketones (excluding diaryl/α,β-unsaturated/α-hetero) is 2. The lowest BCUT2D eigenvalue weighted by atomic mass is 9.88. The SMILES string of the molecule is CC(C)=O.CCCCC(=O)C(C)(C)C.Cc1ccc(OC(F)(F)F)cc1. The summed E-state index contributed by atoms with van der Waals surface area (Å²) in [5.41, 5.74) is 0.763. The van der Waals surface area contributed by atoms with E-state index in [2.05, 4.69) is 11.7 Å². The van der Waals surface area contributed by atoms with Gasteiger partial charge in [0.2, 0.25) is 0 Å². The molecule has 1 aromatic carbocycles. The zero-order chi connectivity index (χ0) is 21.0. The number of benzene rings is 1. The minimum absolute atomic E-state index is 0.130. The molecule has 0 spiro atoms. The van der Waals surface area contributed by atoms with Gasteiger partial charge in [0.1, 0.15) is 17.3 Å². The molecule has 1 rings (SSSR count). The summed E-state index contributed by atoms with van der Waals surface area (Å²) in [7, 11) is 0. The molecular formula is C20H31F3O3. The molecule has 1 aromatic rings. The minimum atomic E-state index is -4.60. The van der Waals surface area contributed by atoms with Crippen LogP contribution in [0.4, 0.5) is 13.2 Å². The molecule has 0 aromatic heterocycles. The van der Waals surface area contributed by atoms with Crippen LogP contribution in [-0.4, -0.2) is 17.9 Å². The fraction of sp³-hybridized carbons (Fsp3) is 0.600. The number of halogens is 3. The van der Waals surface area contributed by atoms with Crippen molar-refractivity contribution >= 4 is 11.6 Å². The summed E-state index contributed by atoms with van der Waals surface area (Å²) < 4.78 is 38.5. The molecule has 6 heteroatoms. The number of hydrogen-bond acceptors (Lipinski definition) is 3. The van der Waals surface area contributed by atoms with Gasteiger partial charge in [0, 0.05) is 11.8 Å². The van der Waals surface area contributed by atoms with Gasteiger partial charge in [0.15, 0.2) is 0 Å². The molecule has 3 nitrogen and oxygen atoms in total. The first-order chi connectivity index (χ1) is 11.7. The molecule has 0 N–H and O–H groups in total. The first kappa shape index (κ1) is 26.4. The maximum absolute atomic E-state index is 11.6. The number of ketones is 2. The third-order valence-electron chi connectivity index (χ3n) is 2.85. The molecule has 0 atom stereocenters. The largest absolute Gasteiger partial charge is 0.573 e. The van der Waals surface area contributed by atoms with E-state index < -0.39 is 6.36 Å². The Bertz CT molecular complexity index is 523. The van der Waals surface area contributed by atoms with E-state index >= 15 is 0 Å². The van der Waals surface area contributed by atoms with Gasteiger partial charge in [-0.1, -0.05) is 51.8 Å². The van der Waals surface area contributed by atoms with Gasteiger partial charge in [0.25, 0.3) is 0 Å². The average Bonchev–Trinajstić information content (AvgIpc) is 2.45. The third-order valence-corrected chi connectivity index (χ3v) is 2.85. The monoisotopic (exact) mass is 376 g/mol. The van der Waals surface area contributed by atoms with Crippen LogP contribution in [0.5, 0.6) is 5.75 Å². The lowest BCUT2D eigenvalue weighted by Crippen LogP contribution is -2.19. The Balaban J connectivity index is 0. The molecular weight excluding hydrogens is 345 g/mol. The Hall–Kier alpha value is -1.85. The highest BCUT2D eigenvalue weighted by atomic mass is 19.4. The van der Waals surface area contributed by atoms with Crippen LogP contribution in [-0.2, 0) is 9.59 Å². The molecule has 26 heavy (non-hydrogen) atoms. The molecule has 0 saturated heterocycles. The fourth-order valence-corrected chi connectivity index (χ4v) is 1.45. The minimum Gasteiger partial charge on any atom is -0.406 e. The van der Waals surface area contributed by atoms with E-state index in [1.165, 1.54) is 26.0 Å². The topological polar surface area (TPSA) is 43.4 Å². The van der Waals surface area contributed by atoms with Crippen LogP contribution in [0, 0.1) is 12.3 Å². The van der Waals surface area contributed by atoms with Crippen molar-refractivity contribution in [3.05, 3.63) is 29.8 Å². The van der Waals surface area contributed by atoms with Crippen LogP contribution in [0.3, 0.4) is 0 Å². The van der Waals surface area contributed by atoms with Crippen molar-refractivity contribution in [2.24, 2.45) is 5.41 Å². The Labute approximate surface area is 154 Å². The number of aryl methyl sites for hydroxylation is 1. The smallest absolute Gasteiger partial charge is 0.406 e. The van der Waals surface area contributed by atoms with E-state index in [1.54, 1.807) is 19.1 Å². The highest BCUT2D eigenvalue weighted by Crippen LogP contribution is 2.22. The first-order valence-electron chi connectivity index (χ1n) is 8.52. The Morgan fingerprint density at radius 2 is 1.42 bits per heavy atom. The normalized spacial score (nSPS) is 10.7. The molecule has 150 valence electrons. The van der Waals surface area contributed by atoms with Gasteiger partial charge in [-0.15, -0.1) is 13.2 Å². The predicted octanol–water partition coefficient (Wildman–Crippen LogP) is 6.28. The summed E-state index contributed by atoms with van der Waals surface area (Å²) >= 11 is 0. The summed E-state index contributed by atoms with van der Waals surface area (Å²) in [5, 5.41) is 0. The molecule has 0 saturated carbocycles. The van der Waals surface area contributed by atoms with E-state index in [4.69, 9.17) is 0 Å². The summed E-state index contributed by atoms with van der Waals surface area (Å²) in [6, 6.07) is 5.67. The highest BCUT2D eigenvalue weighted by Gasteiger charge is 2.30. The zero-order valence-corrected chi connectivity index (χ0v) is 16.8. The molecule has 0 radical (unpaired) electrons. The Kier molecular flexibility index (Phi) is 12.7. The van der Waals surface area contributed by atoms with Gasteiger partial charge >= 0.3 is 6.36 Å². The molecule has 0 bridgehead atoms. The number of unbranched alkanes of at least 4 members (excludes halogenated alkanes) is 1. The molecule has 0 aliphatic carbocycles. The summed E-state index contributed by atoms with van der Waals surface area (Å²) in [4.78, 5) is 20.7. The zero-order valence-electron chi connectivity index (χ0n) is 16.8. The Morgan fingerprint density at radius 3 is 1.73 bits per heavy atom. The quantitative estimate of drug-likeness (QED) is 0.621. The van der Waals surface area contributed by atoms with Crippen LogP contribution >= 0.6 is 0 Å². The second kappa shape index (κ2) is 12.5. The lowest BCUT2D eigenvalue weighted by molar-refractivity contribution is -0.274. The van der Waals surface area contributed by atoms with Gasteiger partial charge in [-0.05, 0) is 39.3 Å². The van der Waals surface area contributed by atoms with Gasteiger partial charge in [-0.2, -0.15) is 0 Å². The van der Waals surface area contributed by atoms with E-state index in [0.717, 1.165) is 24.8 Å². The van der Waals surface area contributed by atoms with Crippen molar-refractivity contribution in [2.45, 2.75) is 74.1 Å². The number of carbonyl (C=O) groups is 2. The maximum atomic E-state index is 11.6. The van der Waals surface area contributed by atoms with Crippen molar-refractivity contribution in [3.8, 4) is 5.75 Å². The van der Waals surface area contributed by atoms with Crippen molar-refractivity contribution in [1.29, 1.82) is 0 Å². The third kappa shape index (κ3) is 18.5. The maximum Gasteiger partial charge on any atom is 0.573 e. The predicted molar refractivity (Wildman–Crippen MR) is 98.2 cm³/mol. The lowest BCUT2D eigenvalue weighted by Gasteiger charge is -2.15. The number of alkyl halides is 3. The van der Waals surface area contributed by atoms with E-state index in [-0.39, 0.29) is 16.9 Å². The number of ether oxygens (including phenoxy) is 1. The number of rotatable bonds is 4. The molecule has 0 aliphatic rings. The van der Waals surface area contributed by atoms with Gasteiger partial charge in [0.05, 0.1) is 0 Å². The molecule has 0 aliphatic heterocycles. The van der Waals surface area contributed by atoms with E-state index in [1.807, 2.05) is 20.8 Å². The fourth-order valence-electron chi connectivity index (χ4n) is 1.45. The summed E-state index contributed by atoms with van der Waals surface area (Å²) in [6.07, 6.45) is -1.70. The second-order valence-electron chi connectivity index (χ2n) is 7.05. The van der Waals surface area contributed by atoms with Gasteiger partial charge in [-0.3, -0.25) is 4.79 Å². The van der Waals surface area contributed by atoms with Crippen LogP contribution in [0.1, 0.15) is 66.4 Å². The van der Waals surface area contributed by atoms with Crippen molar-refractivity contribution < 1.29 is 27.5 Å². The van der Waals surface area contributed by atoms with Crippen molar-refractivity contribution in [3.63, 3.8) is 0 Å². The van der Waals surface area contributed by atoms with E-state index in [0.29, 0.717) is 5.78 Å². The second-order valence-corrected chi connectivity index (χ2v) is 7.05. The number of hydrogen-bond donors (Lipinski definition) is 0. The van der Waals surface area contributed by atoms with Crippen molar-refractivity contribution in [1.82, 2.24) is 0 Å². The summed E-state index contributed by atoms with van der Waals surface area (Å²) in [5.74, 6) is 0.363. The highest BCUT2D eigenvalue weighted by molar-refractivity contribution is 5.83.